The summed E-state index contributed by atoms with van der Waals surface area (Å²) in [6, 6.07) is 8.17. The summed E-state index contributed by atoms with van der Waals surface area (Å²) in [6.45, 7) is 6.04. The van der Waals surface area contributed by atoms with E-state index in [4.69, 9.17) is 4.74 Å². The Kier molecular flexibility index (Phi) is 5.69. The Morgan fingerprint density at radius 1 is 1.28 bits per heavy atom. The van der Waals surface area contributed by atoms with Gasteiger partial charge in [0.05, 0.1) is 7.11 Å². The van der Waals surface area contributed by atoms with E-state index >= 15 is 0 Å². The maximum Gasteiger partial charge on any atom is 0.220 e. The number of methoxy groups -OCH3 is 1. The number of benzene rings is 1. The molecule has 0 aromatic heterocycles. The van der Waals surface area contributed by atoms with E-state index in [2.05, 4.69) is 18.3 Å². The molecular formula is C15H23NO2. The Bertz CT molecular complexity index is 388. The number of amides is 1. The zero-order valence-corrected chi connectivity index (χ0v) is 11.7. The van der Waals surface area contributed by atoms with E-state index in [1.54, 1.807) is 7.11 Å². The van der Waals surface area contributed by atoms with Gasteiger partial charge in [0.2, 0.25) is 5.91 Å². The zero-order chi connectivity index (χ0) is 13.5. The van der Waals surface area contributed by atoms with Crippen LogP contribution in [-0.4, -0.2) is 19.1 Å². The molecule has 0 fully saturated rings. The molecule has 0 unspecified atom stereocenters. The molecule has 0 aliphatic rings. The fourth-order valence-electron chi connectivity index (χ4n) is 2.02. The number of hydrogen-bond acceptors (Lipinski definition) is 2. The average molecular weight is 249 g/mol. The summed E-state index contributed by atoms with van der Waals surface area (Å²) >= 11 is 0. The Morgan fingerprint density at radius 2 is 1.94 bits per heavy atom. The van der Waals surface area contributed by atoms with Crippen molar-refractivity contribution in [3.63, 3.8) is 0 Å². The van der Waals surface area contributed by atoms with Crippen molar-refractivity contribution in [3.8, 4) is 5.75 Å². The standard InChI is InChI=1S/C15H23NO2/c1-11(2)16-15(17)10-12(3)9-13-7-5-6-8-14(13)18-4/h5-8,11-12H,9-10H2,1-4H3,(H,16,17)/t12-/m1/s1. The van der Waals surface area contributed by atoms with Crippen LogP contribution in [0.25, 0.3) is 0 Å². The van der Waals surface area contributed by atoms with Crippen LogP contribution in [-0.2, 0) is 11.2 Å². The molecule has 0 bridgehead atoms. The van der Waals surface area contributed by atoms with Crippen LogP contribution in [0.5, 0.6) is 5.75 Å². The molecule has 3 nitrogen and oxygen atoms in total. The Morgan fingerprint density at radius 3 is 2.56 bits per heavy atom. The highest BCUT2D eigenvalue weighted by Crippen LogP contribution is 2.21. The van der Waals surface area contributed by atoms with Crippen molar-refractivity contribution >= 4 is 5.91 Å². The minimum atomic E-state index is 0.118. The summed E-state index contributed by atoms with van der Waals surface area (Å²) in [6.07, 6.45) is 1.41. The largest absolute Gasteiger partial charge is 0.496 e. The van der Waals surface area contributed by atoms with Crippen LogP contribution in [0.4, 0.5) is 0 Å². The van der Waals surface area contributed by atoms with Gasteiger partial charge in [-0.3, -0.25) is 4.79 Å². The van der Waals surface area contributed by atoms with Crippen molar-refractivity contribution < 1.29 is 9.53 Å². The summed E-state index contributed by atoms with van der Waals surface area (Å²) < 4.78 is 5.32. The summed E-state index contributed by atoms with van der Waals surface area (Å²) in [5, 5.41) is 2.92. The van der Waals surface area contributed by atoms with Crippen LogP contribution >= 0.6 is 0 Å². The number of ether oxygens (including phenoxy) is 1. The van der Waals surface area contributed by atoms with Gasteiger partial charge in [-0.15, -0.1) is 0 Å². The molecule has 1 amide bonds. The van der Waals surface area contributed by atoms with Crippen LogP contribution in [0.2, 0.25) is 0 Å². The zero-order valence-electron chi connectivity index (χ0n) is 11.7. The molecule has 1 rings (SSSR count). The highest BCUT2D eigenvalue weighted by Gasteiger charge is 2.12. The predicted molar refractivity (Wildman–Crippen MR) is 73.8 cm³/mol. The summed E-state index contributed by atoms with van der Waals surface area (Å²) in [5.41, 5.74) is 1.16. The van der Waals surface area contributed by atoms with Gasteiger partial charge in [0, 0.05) is 12.5 Å². The normalized spacial score (nSPS) is 12.3. The van der Waals surface area contributed by atoms with Crippen molar-refractivity contribution in [2.24, 2.45) is 5.92 Å². The molecule has 0 saturated carbocycles. The lowest BCUT2D eigenvalue weighted by molar-refractivity contribution is -0.122. The fourth-order valence-corrected chi connectivity index (χ4v) is 2.02. The van der Waals surface area contributed by atoms with E-state index in [0.717, 1.165) is 17.7 Å². The van der Waals surface area contributed by atoms with Crippen LogP contribution < -0.4 is 10.1 Å². The number of carbonyl (C=O) groups is 1. The number of para-hydroxylation sites is 1. The van der Waals surface area contributed by atoms with Crippen molar-refractivity contribution in [2.45, 2.75) is 39.7 Å². The molecule has 0 aliphatic carbocycles. The highest BCUT2D eigenvalue weighted by molar-refractivity contribution is 5.76. The van der Waals surface area contributed by atoms with Gasteiger partial charge >= 0.3 is 0 Å². The minimum Gasteiger partial charge on any atom is -0.496 e. The summed E-state index contributed by atoms with van der Waals surface area (Å²) in [5.74, 6) is 1.32. The van der Waals surface area contributed by atoms with E-state index in [1.165, 1.54) is 0 Å². The van der Waals surface area contributed by atoms with Crippen molar-refractivity contribution in [1.29, 1.82) is 0 Å². The molecule has 0 radical (unpaired) electrons. The molecule has 1 atom stereocenters. The Labute approximate surface area is 110 Å². The van der Waals surface area contributed by atoms with Crippen molar-refractivity contribution in [3.05, 3.63) is 29.8 Å². The van der Waals surface area contributed by atoms with Crippen LogP contribution in [0, 0.1) is 5.92 Å². The third kappa shape index (κ3) is 4.78. The van der Waals surface area contributed by atoms with Gasteiger partial charge in [0.25, 0.3) is 0 Å². The van der Waals surface area contributed by atoms with E-state index in [0.29, 0.717) is 12.3 Å². The Hall–Kier alpha value is -1.51. The van der Waals surface area contributed by atoms with Gasteiger partial charge in [-0.2, -0.15) is 0 Å². The molecule has 0 spiro atoms. The molecular weight excluding hydrogens is 226 g/mol. The molecule has 3 heteroatoms. The lowest BCUT2D eigenvalue weighted by atomic mass is 9.97. The molecule has 0 heterocycles. The maximum absolute atomic E-state index is 11.7. The quantitative estimate of drug-likeness (QED) is 0.842. The van der Waals surface area contributed by atoms with E-state index < -0.39 is 0 Å². The van der Waals surface area contributed by atoms with Gasteiger partial charge in [0.1, 0.15) is 5.75 Å². The summed E-state index contributed by atoms with van der Waals surface area (Å²) in [4.78, 5) is 11.7. The lowest BCUT2D eigenvalue weighted by Crippen LogP contribution is -2.31. The molecule has 1 aromatic carbocycles. The maximum atomic E-state index is 11.7. The van der Waals surface area contributed by atoms with Crippen molar-refractivity contribution in [2.75, 3.05) is 7.11 Å². The first kappa shape index (κ1) is 14.6. The monoisotopic (exact) mass is 249 g/mol. The van der Waals surface area contributed by atoms with Crippen LogP contribution in [0.3, 0.4) is 0 Å². The number of nitrogens with one attached hydrogen (secondary N) is 1. The van der Waals surface area contributed by atoms with Crippen LogP contribution in [0.1, 0.15) is 32.8 Å². The third-order valence-electron chi connectivity index (χ3n) is 2.74. The molecule has 1 N–H and O–H groups in total. The first-order valence-electron chi connectivity index (χ1n) is 6.44. The van der Waals surface area contributed by atoms with Gasteiger partial charge in [0.15, 0.2) is 0 Å². The first-order chi connectivity index (χ1) is 8.52. The fraction of sp³-hybridized carbons (Fsp3) is 0.533. The lowest BCUT2D eigenvalue weighted by Gasteiger charge is -2.15. The minimum absolute atomic E-state index is 0.118. The highest BCUT2D eigenvalue weighted by atomic mass is 16.5. The number of hydrogen-bond donors (Lipinski definition) is 1. The topological polar surface area (TPSA) is 38.3 Å². The van der Waals surface area contributed by atoms with Crippen molar-refractivity contribution in [1.82, 2.24) is 5.32 Å². The number of carbonyl (C=O) groups excluding carboxylic acids is 1. The Balaban J connectivity index is 2.54. The second-order valence-electron chi connectivity index (χ2n) is 5.05. The predicted octanol–water partition coefficient (Wildman–Crippen LogP) is 2.79. The average Bonchev–Trinajstić information content (AvgIpc) is 2.28. The molecule has 1 aromatic rings. The molecule has 18 heavy (non-hydrogen) atoms. The molecule has 0 aliphatic heterocycles. The van der Waals surface area contributed by atoms with Gasteiger partial charge < -0.3 is 10.1 Å². The SMILES string of the molecule is COc1ccccc1C[C@@H](C)CC(=O)NC(C)C. The second kappa shape index (κ2) is 7.04. The smallest absolute Gasteiger partial charge is 0.220 e. The summed E-state index contributed by atoms with van der Waals surface area (Å²) in [7, 11) is 1.68. The molecule has 100 valence electrons. The third-order valence-corrected chi connectivity index (χ3v) is 2.74. The van der Waals surface area contributed by atoms with Gasteiger partial charge in [-0.25, -0.2) is 0 Å². The van der Waals surface area contributed by atoms with E-state index in [9.17, 15) is 4.79 Å². The number of rotatable bonds is 6. The van der Waals surface area contributed by atoms with Gasteiger partial charge in [-0.05, 0) is 37.8 Å². The second-order valence-corrected chi connectivity index (χ2v) is 5.05. The van der Waals surface area contributed by atoms with E-state index in [-0.39, 0.29) is 11.9 Å². The first-order valence-corrected chi connectivity index (χ1v) is 6.44. The molecule has 0 saturated heterocycles. The van der Waals surface area contributed by atoms with Crippen LogP contribution in [0.15, 0.2) is 24.3 Å². The van der Waals surface area contributed by atoms with E-state index in [1.807, 2.05) is 32.0 Å². The van der Waals surface area contributed by atoms with Gasteiger partial charge in [-0.1, -0.05) is 25.1 Å².